The fourth-order valence-electron chi connectivity index (χ4n) is 0.887. The normalized spacial score (nSPS) is 9.73. The SMILES string of the molecule is CCOc1nc(C)cc(C)n1. The van der Waals surface area contributed by atoms with Crippen molar-refractivity contribution < 1.29 is 4.74 Å². The van der Waals surface area contributed by atoms with Crippen LogP contribution in [0.4, 0.5) is 0 Å². The van der Waals surface area contributed by atoms with Crippen LogP contribution in [0.1, 0.15) is 18.3 Å². The minimum Gasteiger partial charge on any atom is -0.464 e. The van der Waals surface area contributed by atoms with Crippen LogP contribution in [0, 0.1) is 13.8 Å². The van der Waals surface area contributed by atoms with Crippen molar-refractivity contribution in [2.24, 2.45) is 0 Å². The second-order valence-electron chi connectivity index (χ2n) is 2.37. The third-order valence-corrected chi connectivity index (χ3v) is 1.24. The molecule has 0 unspecified atom stereocenters. The molecule has 0 atom stereocenters. The van der Waals surface area contributed by atoms with Gasteiger partial charge in [-0.3, -0.25) is 0 Å². The highest BCUT2D eigenvalue weighted by Gasteiger charge is 1.97. The zero-order chi connectivity index (χ0) is 8.27. The third kappa shape index (κ3) is 2.18. The number of nitrogens with zero attached hydrogens (tertiary/aromatic N) is 2. The number of hydrogen-bond acceptors (Lipinski definition) is 3. The molecule has 0 fully saturated rings. The summed E-state index contributed by atoms with van der Waals surface area (Å²) in [6, 6.07) is 2.40. The van der Waals surface area contributed by atoms with Gasteiger partial charge in [-0.25, -0.2) is 9.97 Å². The molecule has 1 aromatic heterocycles. The summed E-state index contributed by atoms with van der Waals surface area (Å²) in [5.74, 6) is 0. The molecule has 0 amide bonds. The van der Waals surface area contributed by atoms with E-state index in [4.69, 9.17) is 4.74 Å². The first-order valence-electron chi connectivity index (χ1n) is 3.67. The molecule has 0 spiro atoms. The van der Waals surface area contributed by atoms with E-state index in [0.717, 1.165) is 11.4 Å². The van der Waals surface area contributed by atoms with E-state index >= 15 is 0 Å². The van der Waals surface area contributed by atoms with Crippen molar-refractivity contribution in [3.63, 3.8) is 0 Å². The Morgan fingerprint density at radius 1 is 1.27 bits per heavy atom. The molecule has 3 heteroatoms. The van der Waals surface area contributed by atoms with Gasteiger partial charge in [0.25, 0.3) is 0 Å². The smallest absolute Gasteiger partial charge is 0.316 e. The van der Waals surface area contributed by atoms with E-state index in [2.05, 4.69) is 9.97 Å². The first kappa shape index (κ1) is 7.98. The zero-order valence-corrected chi connectivity index (χ0v) is 7.09. The first-order chi connectivity index (χ1) is 5.22. The average molecular weight is 152 g/mol. The standard InChI is InChI=1S/C8H12N2O/c1-4-11-8-9-6(2)5-7(3)10-8/h5H,4H2,1-3H3. The summed E-state index contributed by atoms with van der Waals surface area (Å²) in [6.45, 7) is 6.39. The quantitative estimate of drug-likeness (QED) is 0.644. The van der Waals surface area contributed by atoms with Gasteiger partial charge >= 0.3 is 6.01 Å². The molecule has 0 aliphatic rings. The zero-order valence-electron chi connectivity index (χ0n) is 7.09. The van der Waals surface area contributed by atoms with Gasteiger partial charge in [-0.2, -0.15) is 0 Å². The first-order valence-corrected chi connectivity index (χ1v) is 3.67. The molecule has 0 aliphatic heterocycles. The Kier molecular flexibility index (Phi) is 2.41. The van der Waals surface area contributed by atoms with Crippen LogP contribution >= 0.6 is 0 Å². The maximum absolute atomic E-state index is 5.15. The van der Waals surface area contributed by atoms with Crippen LogP contribution in [0.3, 0.4) is 0 Å². The fraction of sp³-hybridized carbons (Fsp3) is 0.500. The van der Waals surface area contributed by atoms with Crippen molar-refractivity contribution in [2.45, 2.75) is 20.8 Å². The maximum Gasteiger partial charge on any atom is 0.316 e. The van der Waals surface area contributed by atoms with Gasteiger partial charge in [-0.05, 0) is 26.8 Å². The molecule has 0 saturated carbocycles. The molecule has 0 aliphatic carbocycles. The van der Waals surface area contributed by atoms with E-state index in [1.165, 1.54) is 0 Å². The van der Waals surface area contributed by atoms with Gasteiger partial charge in [-0.1, -0.05) is 0 Å². The van der Waals surface area contributed by atoms with E-state index in [1.807, 2.05) is 26.8 Å². The highest BCUT2D eigenvalue weighted by molar-refractivity contribution is 5.10. The minimum absolute atomic E-state index is 0.477. The number of ether oxygens (including phenoxy) is 1. The van der Waals surface area contributed by atoms with Gasteiger partial charge in [0.15, 0.2) is 0 Å². The Morgan fingerprint density at radius 2 is 1.82 bits per heavy atom. The maximum atomic E-state index is 5.15. The topological polar surface area (TPSA) is 35.0 Å². The lowest BCUT2D eigenvalue weighted by atomic mass is 10.4. The summed E-state index contributed by atoms with van der Waals surface area (Å²) in [5, 5.41) is 0. The summed E-state index contributed by atoms with van der Waals surface area (Å²) < 4.78 is 5.15. The van der Waals surface area contributed by atoms with Crippen molar-refractivity contribution in [1.82, 2.24) is 9.97 Å². The minimum atomic E-state index is 0.477. The predicted molar refractivity (Wildman–Crippen MR) is 42.7 cm³/mol. The van der Waals surface area contributed by atoms with Crippen molar-refractivity contribution in [1.29, 1.82) is 0 Å². The van der Waals surface area contributed by atoms with Crippen LogP contribution in [0.2, 0.25) is 0 Å². The van der Waals surface area contributed by atoms with Gasteiger partial charge in [0.2, 0.25) is 0 Å². The van der Waals surface area contributed by atoms with E-state index in [0.29, 0.717) is 12.6 Å². The molecule has 60 valence electrons. The Morgan fingerprint density at radius 3 is 2.27 bits per heavy atom. The van der Waals surface area contributed by atoms with Crippen molar-refractivity contribution in [3.8, 4) is 6.01 Å². The van der Waals surface area contributed by atoms with Crippen LogP contribution in [-0.4, -0.2) is 16.6 Å². The number of rotatable bonds is 2. The summed E-state index contributed by atoms with van der Waals surface area (Å²) in [5.41, 5.74) is 1.89. The van der Waals surface area contributed by atoms with Crippen molar-refractivity contribution in [3.05, 3.63) is 17.5 Å². The van der Waals surface area contributed by atoms with E-state index in [9.17, 15) is 0 Å². The molecule has 0 N–H and O–H groups in total. The van der Waals surface area contributed by atoms with Gasteiger partial charge in [0.1, 0.15) is 0 Å². The lowest BCUT2D eigenvalue weighted by molar-refractivity contribution is 0.311. The molecule has 0 saturated heterocycles. The predicted octanol–water partition coefficient (Wildman–Crippen LogP) is 1.49. The summed E-state index contributed by atoms with van der Waals surface area (Å²) in [4.78, 5) is 8.18. The van der Waals surface area contributed by atoms with Gasteiger partial charge < -0.3 is 4.74 Å². The Labute approximate surface area is 66.4 Å². The molecular weight excluding hydrogens is 140 g/mol. The van der Waals surface area contributed by atoms with Crippen molar-refractivity contribution in [2.75, 3.05) is 6.61 Å². The summed E-state index contributed by atoms with van der Waals surface area (Å²) in [7, 11) is 0. The lowest BCUT2D eigenvalue weighted by Gasteiger charge is -2.01. The second-order valence-corrected chi connectivity index (χ2v) is 2.37. The van der Waals surface area contributed by atoms with Gasteiger partial charge in [-0.15, -0.1) is 0 Å². The van der Waals surface area contributed by atoms with Crippen LogP contribution in [0.5, 0.6) is 6.01 Å². The highest BCUT2D eigenvalue weighted by Crippen LogP contribution is 2.05. The molecule has 0 bridgehead atoms. The largest absolute Gasteiger partial charge is 0.464 e. The molecule has 1 heterocycles. The van der Waals surface area contributed by atoms with Crippen LogP contribution in [0.15, 0.2) is 6.07 Å². The summed E-state index contributed by atoms with van der Waals surface area (Å²) in [6.07, 6.45) is 0. The molecule has 0 aromatic carbocycles. The van der Waals surface area contributed by atoms with E-state index in [1.54, 1.807) is 0 Å². The number of hydrogen-bond donors (Lipinski definition) is 0. The lowest BCUT2D eigenvalue weighted by Crippen LogP contribution is -1.99. The monoisotopic (exact) mass is 152 g/mol. The molecule has 1 rings (SSSR count). The van der Waals surface area contributed by atoms with Gasteiger partial charge in [0, 0.05) is 11.4 Å². The highest BCUT2D eigenvalue weighted by atomic mass is 16.5. The molecule has 0 radical (unpaired) electrons. The fourth-order valence-corrected chi connectivity index (χ4v) is 0.887. The third-order valence-electron chi connectivity index (χ3n) is 1.24. The van der Waals surface area contributed by atoms with Crippen molar-refractivity contribution >= 4 is 0 Å². The van der Waals surface area contributed by atoms with E-state index in [-0.39, 0.29) is 0 Å². The Hall–Kier alpha value is -1.12. The average Bonchev–Trinajstić information content (AvgIpc) is 1.85. The van der Waals surface area contributed by atoms with Crippen LogP contribution in [-0.2, 0) is 0 Å². The Bertz CT molecular complexity index is 228. The van der Waals surface area contributed by atoms with Gasteiger partial charge in [0.05, 0.1) is 6.61 Å². The van der Waals surface area contributed by atoms with Crippen LogP contribution in [0.25, 0.3) is 0 Å². The molecular formula is C8H12N2O. The van der Waals surface area contributed by atoms with Crippen LogP contribution < -0.4 is 4.74 Å². The number of aromatic nitrogens is 2. The number of aryl methyl sites for hydroxylation is 2. The Balaban J connectivity index is 2.89. The van der Waals surface area contributed by atoms with E-state index < -0.39 is 0 Å². The second kappa shape index (κ2) is 3.32. The summed E-state index contributed by atoms with van der Waals surface area (Å²) >= 11 is 0. The molecule has 11 heavy (non-hydrogen) atoms. The molecule has 3 nitrogen and oxygen atoms in total. The molecule has 1 aromatic rings.